The van der Waals surface area contributed by atoms with Crippen LogP contribution < -0.4 is 11.3 Å². The Labute approximate surface area is 114 Å². The highest BCUT2D eigenvalue weighted by molar-refractivity contribution is 5.76. The van der Waals surface area contributed by atoms with E-state index in [1.54, 1.807) is 0 Å². The molecule has 0 aromatic heterocycles. The summed E-state index contributed by atoms with van der Waals surface area (Å²) >= 11 is 0. The number of amides is 1. The van der Waals surface area contributed by atoms with E-state index in [0.29, 0.717) is 0 Å². The number of carbonyl (C=O) groups is 1. The van der Waals surface area contributed by atoms with E-state index < -0.39 is 5.60 Å². The zero-order chi connectivity index (χ0) is 13.7. The molecule has 1 amide bonds. The predicted octanol–water partition coefficient (Wildman–Crippen LogP) is 1.83. The fraction of sp³-hybridized carbons (Fsp3) is 0.533. The second-order valence-electron chi connectivity index (χ2n) is 5.37. The zero-order valence-electron chi connectivity index (χ0n) is 11.1. The van der Waals surface area contributed by atoms with E-state index in [0.717, 1.165) is 31.2 Å². The molecule has 4 heteroatoms. The third-order valence-electron chi connectivity index (χ3n) is 4.15. The van der Waals surface area contributed by atoms with Crippen molar-refractivity contribution in [3.8, 4) is 0 Å². The molecule has 1 fully saturated rings. The van der Waals surface area contributed by atoms with Crippen LogP contribution in [0.25, 0.3) is 0 Å². The van der Waals surface area contributed by atoms with Crippen molar-refractivity contribution in [3.05, 3.63) is 35.9 Å². The molecule has 19 heavy (non-hydrogen) atoms. The highest BCUT2D eigenvalue weighted by atomic mass is 16.3. The molecule has 0 heterocycles. The Balaban J connectivity index is 2.28. The lowest BCUT2D eigenvalue weighted by molar-refractivity contribution is -0.130. The third kappa shape index (κ3) is 3.14. The van der Waals surface area contributed by atoms with E-state index >= 15 is 0 Å². The number of hydrazine groups is 1. The van der Waals surface area contributed by atoms with Crippen LogP contribution in [0.1, 0.15) is 44.1 Å². The Kier molecular flexibility index (Phi) is 4.56. The van der Waals surface area contributed by atoms with Crippen LogP contribution in [0.15, 0.2) is 30.3 Å². The largest absolute Gasteiger partial charge is 0.384 e. The Morgan fingerprint density at radius 2 is 1.89 bits per heavy atom. The van der Waals surface area contributed by atoms with Crippen LogP contribution in [0.5, 0.6) is 0 Å². The monoisotopic (exact) mass is 262 g/mol. The van der Waals surface area contributed by atoms with Gasteiger partial charge in [0.1, 0.15) is 5.60 Å². The van der Waals surface area contributed by atoms with Crippen LogP contribution in [-0.2, 0) is 10.4 Å². The fourth-order valence-corrected chi connectivity index (χ4v) is 3.08. The number of rotatable bonds is 4. The molecule has 0 aliphatic heterocycles. The van der Waals surface area contributed by atoms with Gasteiger partial charge in [0.25, 0.3) is 0 Å². The normalized spacial score (nSPS) is 19.7. The summed E-state index contributed by atoms with van der Waals surface area (Å²) in [6.07, 6.45) is 5.39. The van der Waals surface area contributed by atoms with Crippen molar-refractivity contribution in [3.63, 3.8) is 0 Å². The number of hydrogen-bond donors (Lipinski definition) is 3. The number of nitrogens with one attached hydrogen (secondary N) is 1. The van der Waals surface area contributed by atoms with Crippen LogP contribution in [0.3, 0.4) is 0 Å². The smallest absolute Gasteiger partial charge is 0.237 e. The molecule has 2 rings (SSSR count). The van der Waals surface area contributed by atoms with Gasteiger partial charge < -0.3 is 5.11 Å². The summed E-state index contributed by atoms with van der Waals surface area (Å²) in [6, 6.07) is 9.47. The standard InChI is InChI=1S/C15H22N2O2/c16-17-14(18)11-15(19,12-7-3-1-4-8-12)13-9-5-2-6-10-13/h1,3-4,7-8,13,19H,2,5-6,9-11,16H2,(H,17,18)/t15-/m1/s1. The van der Waals surface area contributed by atoms with E-state index in [9.17, 15) is 9.90 Å². The molecule has 4 N–H and O–H groups in total. The van der Waals surface area contributed by atoms with Crippen molar-refractivity contribution in [2.45, 2.75) is 44.1 Å². The number of benzene rings is 1. The maximum atomic E-state index is 11.6. The van der Waals surface area contributed by atoms with Crippen LogP contribution in [-0.4, -0.2) is 11.0 Å². The predicted molar refractivity (Wildman–Crippen MR) is 73.9 cm³/mol. The maximum absolute atomic E-state index is 11.6. The van der Waals surface area contributed by atoms with Crippen molar-refractivity contribution < 1.29 is 9.90 Å². The van der Waals surface area contributed by atoms with Crippen LogP contribution >= 0.6 is 0 Å². The van der Waals surface area contributed by atoms with Crippen molar-refractivity contribution in [2.75, 3.05) is 0 Å². The van der Waals surface area contributed by atoms with Gasteiger partial charge in [0.2, 0.25) is 5.91 Å². The van der Waals surface area contributed by atoms with Gasteiger partial charge in [0.05, 0.1) is 6.42 Å². The Hall–Kier alpha value is -1.39. The molecule has 1 atom stereocenters. The molecular formula is C15H22N2O2. The minimum absolute atomic E-state index is 0.0260. The van der Waals surface area contributed by atoms with Crippen LogP contribution in [0.2, 0.25) is 0 Å². The lowest BCUT2D eigenvalue weighted by Crippen LogP contribution is -2.43. The van der Waals surface area contributed by atoms with E-state index in [4.69, 9.17) is 5.84 Å². The first-order valence-corrected chi connectivity index (χ1v) is 6.94. The number of carbonyl (C=O) groups excluding carboxylic acids is 1. The second-order valence-corrected chi connectivity index (χ2v) is 5.37. The molecule has 1 saturated carbocycles. The third-order valence-corrected chi connectivity index (χ3v) is 4.15. The molecule has 4 nitrogen and oxygen atoms in total. The molecule has 1 aliphatic carbocycles. The highest BCUT2D eigenvalue weighted by Crippen LogP contribution is 2.41. The van der Waals surface area contributed by atoms with Crippen molar-refractivity contribution >= 4 is 5.91 Å². The minimum Gasteiger partial charge on any atom is -0.384 e. The Morgan fingerprint density at radius 3 is 2.47 bits per heavy atom. The molecule has 0 radical (unpaired) electrons. The number of aliphatic hydroxyl groups is 1. The van der Waals surface area contributed by atoms with Crippen molar-refractivity contribution in [2.24, 2.45) is 11.8 Å². The van der Waals surface area contributed by atoms with Gasteiger partial charge in [-0.05, 0) is 24.3 Å². The van der Waals surface area contributed by atoms with Gasteiger partial charge in [-0.15, -0.1) is 0 Å². The van der Waals surface area contributed by atoms with Gasteiger partial charge in [-0.1, -0.05) is 49.6 Å². The van der Waals surface area contributed by atoms with Crippen molar-refractivity contribution in [1.82, 2.24) is 5.43 Å². The summed E-state index contributed by atoms with van der Waals surface area (Å²) in [6.45, 7) is 0. The molecule has 1 aromatic rings. The lowest BCUT2D eigenvalue weighted by atomic mass is 9.71. The average molecular weight is 262 g/mol. The van der Waals surface area contributed by atoms with Gasteiger partial charge in [0, 0.05) is 0 Å². The molecule has 0 bridgehead atoms. The summed E-state index contributed by atoms with van der Waals surface area (Å²) in [4.78, 5) is 11.6. The van der Waals surface area contributed by atoms with E-state index in [-0.39, 0.29) is 18.2 Å². The Bertz CT molecular complexity index is 415. The molecular weight excluding hydrogens is 240 g/mol. The molecule has 104 valence electrons. The summed E-state index contributed by atoms with van der Waals surface area (Å²) in [5, 5.41) is 11.1. The Morgan fingerprint density at radius 1 is 1.26 bits per heavy atom. The SMILES string of the molecule is NNC(=O)C[C@@](O)(c1ccccc1)C1CCCCC1. The summed E-state index contributed by atoms with van der Waals surface area (Å²) in [5.74, 6) is 4.98. The van der Waals surface area contributed by atoms with Crippen molar-refractivity contribution in [1.29, 1.82) is 0 Å². The second kappa shape index (κ2) is 6.17. The summed E-state index contributed by atoms with van der Waals surface area (Å²) in [7, 11) is 0. The van der Waals surface area contributed by atoms with E-state index in [2.05, 4.69) is 5.43 Å². The summed E-state index contributed by atoms with van der Waals surface area (Å²) < 4.78 is 0. The van der Waals surface area contributed by atoms with Crippen LogP contribution in [0, 0.1) is 5.92 Å². The number of hydrogen-bond acceptors (Lipinski definition) is 3. The highest BCUT2D eigenvalue weighted by Gasteiger charge is 2.40. The topological polar surface area (TPSA) is 75.3 Å². The molecule has 0 spiro atoms. The first-order chi connectivity index (χ1) is 9.16. The first kappa shape index (κ1) is 14.0. The molecule has 0 saturated heterocycles. The van der Waals surface area contributed by atoms with E-state index in [1.165, 1.54) is 6.42 Å². The molecule has 1 aliphatic rings. The van der Waals surface area contributed by atoms with Gasteiger partial charge >= 0.3 is 0 Å². The zero-order valence-corrected chi connectivity index (χ0v) is 11.1. The quantitative estimate of drug-likeness (QED) is 0.440. The molecule has 1 aromatic carbocycles. The average Bonchev–Trinajstić information content (AvgIpc) is 2.48. The first-order valence-electron chi connectivity index (χ1n) is 6.94. The maximum Gasteiger partial charge on any atom is 0.237 e. The van der Waals surface area contributed by atoms with Gasteiger partial charge in [-0.3, -0.25) is 10.2 Å². The lowest BCUT2D eigenvalue weighted by Gasteiger charge is -2.38. The van der Waals surface area contributed by atoms with Gasteiger partial charge in [-0.25, -0.2) is 5.84 Å². The molecule has 0 unspecified atom stereocenters. The van der Waals surface area contributed by atoms with Gasteiger partial charge in [0.15, 0.2) is 0 Å². The minimum atomic E-state index is -1.11. The van der Waals surface area contributed by atoms with Crippen LogP contribution in [0.4, 0.5) is 0 Å². The van der Waals surface area contributed by atoms with E-state index in [1.807, 2.05) is 30.3 Å². The summed E-state index contributed by atoms with van der Waals surface area (Å²) in [5.41, 5.74) is 1.84. The van der Waals surface area contributed by atoms with Gasteiger partial charge in [-0.2, -0.15) is 0 Å². The number of nitrogens with two attached hydrogens (primary N) is 1. The fourth-order valence-electron chi connectivity index (χ4n) is 3.08.